The second-order valence-corrected chi connectivity index (χ2v) is 6.03. The second-order valence-electron chi connectivity index (χ2n) is 6.03. The van der Waals surface area contributed by atoms with Crippen LogP contribution in [0.2, 0.25) is 0 Å². The van der Waals surface area contributed by atoms with E-state index >= 15 is 0 Å². The molecule has 2 heteroatoms. The fraction of sp³-hybridized carbons (Fsp3) is 0.368. The van der Waals surface area contributed by atoms with Gasteiger partial charge in [0.1, 0.15) is 5.75 Å². The summed E-state index contributed by atoms with van der Waals surface area (Å²) in [5.74, 6) is 0.985. The van der Waals surface area contributed by atoms with Crippen molar-refractivity contribution in [1.29, 1.82) is 0 Å². The fourth-order valence-corrected chi connectivity index (χ4v) is 2.36. The maximum atomic E-state index is 5.81. The van der Waals surface area contributed by atoms with Crippen LogP contribution in [0.3, 0.4) is 0 Å². The highest BCUT2D eigenvalue weighted by molar-refractivity contribution is 5.67. The lowest BCUT2D eigenvalue weighted by Crippen LogP contribution is -2.22. The minimum Gasteiger partial charge on any atom is -0.490 e. The van der Waals surface area contributed by atoms with Crippen LogP contribution in [0.25, 0.3) is 11.1 Å². The Kier molecular flexibility index (Phi) is 4.26. The number of hydrogen-bond acceptors (Lipinski definition) is 2. The van der Waals surface area contributed by atoms with E-state index in [2.05, 4.69) is 67.7 Å². The topological polar surface area (TPSA) is 21.3 Å². The Hall–Kier alpha value is -1.80. The van der Waals surface area contributed by atoms with Crippen molar-refractivity contribution in [3.8, 4) is 16.9 Å². The van der Waals surface area contributed by atoms with Gasteiger partial charge in [0.15, 0.2) is 0 Å². The van der Waals surface area contributed by atoms with Crippen molar-refractivity contribution in [2.24, 2.45) is 0 Å². The van der Waals surface area contributed by atoms with Gasteiger partial charge in [0.05, 0.1) is 6.10 Å². The van der Waals surface area contributed by atoms with Crippen molar-refractivity contribution in [3.05, 3.63) is 54.1 Å². The fourth-order valence-electron chi connectivity index (χ4n) is 2.36. The second kappa shape index (κ2) is 6.31. The molecule has 0 aromatic heterocycles. The Bertz CT molecular complexity index is 585. The first-order valence-electron chi connectivity index (χ1n) is 7.81. The minimum absolute atomic E-state index is 0.457. The van der Waals surface area contributed by atoms with Crippen molar-refractivity contribution < 1.29 is 4.74 Å². The van der Waals surface area contributed by atoms with Gasteiger partial charge in [-0.15, -0.1) is 0 Å². The minimum atomic E-state index is 0.457. The van der Waals surface area contributed by atoms with E-state index in [9.17, 15) is 0 Å². The van der Waals surface area contributed by atoms with Gasteiger partial charge in [0, 0.05) is 12.6 Å². The Morgan fingerprint density at radius 1 is 1.05 bits per heavy atom. The van der Waals surface area contributed by atoms with Crippen molar-refractivity contribution >= 4 is 0 Å². The summed E-state index contributed by atoms with van der Waals surface area (Å²) in [6.07, 6.45) is 2.86. The predicted molar refractivity (Wildman–Crippen MR) is 87.5 cm³/mol. The van der Waals surface area contributed by atoms with Crippen LogP contribution in [0.15, 0.2) is 48.5 Å². The smallest absolute Gasteiger partial charge is 0.119 e. The predicted octanol–water partition coefficient (Wildman–Crippen LogP) is 4.39. The highest BCUT2D eigenvalue weighted by Crippen LogP contribution is 2.29. The molecule has 1 aliphatic carbocycles. The summed E-state index contributed by atoms with van der Waals surface area (Å²) in [5.41, 5.74) is 3.88. The van der Waals surface area contributed by atoms with Crippen LogP contribution in [0.4, 0.5) is 0 Å². The molecule has 110 valence electrons. The Morgan fingerprint density at radius 3 is 2.43 bits per heavy atom. The molecule has 21 heavy (non-hydrogen) atoms. The molecule has 3 rings (SSSR count). The van der Waals surface area contributed by atoms with Crippen LogP contribution in [-0.4, -0.2) is 12.1 Å². The van der Waals surface area contributed by atoms with Crippen molar-refractivity contribution in [1.82, 2.24) is 5.32 Å². The van der Waals surface area contributed by atoms with Gasteiger partial charge in [-0.2, -0.15) is 0 Å². The molecule has 2 aromatic carbocycles. The van der Waals surface area contributed by atoms with Gasteiger partial charge in [-0.1, -0.05) is 50.2 Å². The standard InChI is InChI=1S/C19H23NO/c1-14(2)20-13-16-5-3-4-6-19(16)15-7-9-17(10-8-15)21-18-11-12-18/h3-10,14,18,20H,11-13H2,1-2H3. The lowest BCUT2D eigenvalue weighted by molar-refractivity contribution is 0.303. The number of rotatable bonds is 6. The normalized spacial score (nSPS) is 14.4. The van der Waals surface area contributed by atoms with Gasteiger partial charge in [-0.25, -0.2) is 0 Å². The molecule has 0 radical (unpaired) electrons. The highest BCUT2D eigenvalue weighted by atomic mass is 16.5. The monoisotopic (exact) mass is 281 g/mol. The van der Waals surface area contributed by atoms with Gasteiger partial charge in [0.25, 0.3) is 0 Å². The zero-order valence-electron chi connectivity index (χ0n) is 12.8. The Labute approximate surface area is 127 Å². The van der Waals surface area contributed by atoms with Gasteiger partial charge in [-0.3, -0.25) is 0 Å². The van der Waals surface area contributed by atoms with Crippen molar-refractivity contribution in [2.75, 3.05) is 0 Å². The molecule has 1 aliphatic rings. The molecule has 0 atom stereocenters. The van der Waals surface area contributed by atoms with E-state index in [-0.39, 0.29) is 0 Å². The largest absolute Gasteiger partial charge is 0.490 e. The summed E-state index contributed by atoms with van der Waals surface area (Å²) in [6, 6.07) is 17.6. The van der Waals surface area contributed by atoms with Crippen LogP contribution in [-0.2, 0) is 6.54 Å². The molecule has 0 heterocycles. The molecule has 0 bridgehead atoms. The first kappa shape index (κ1) is 14.2. The first-order valence-corrected chi connectivity index (χ1v) is 7.81. The van der Waals surface area contributed by atoms with E-state index in [0.717, 1.165) is 12.3 Å². The van der Waals surface area contributed by atoms with Crippen molar-refractivity contribution in [3.63, 3.8) is 0 Å². The van der Waals surface area contributed by atoms with Gasteiger partial charge in [-0.05, 0) is 41.7 Å². The summed E-state index contributed by atoms with van der Waals surface area (Å²) in [5, 5.41) is 3.49. The van der Waals surface area contributed by atoms with E-state index in [1.54, 1.807) is 0 Å². The average molecular weight is 281 g/mol. The highest BCUT2D eigenvalue weighted by Gasteiger charge is 2.23. The summed E-state index contributed by atoms with van der Waals surface area (Å²) in [7, 11) is 0. The van der Waals surface area contributed by atoms with E-state index in [1.807, 2.05) is 0 Å². The van der Waals surface area contributed by atoms with Crippen LogP contribution in [0.1, 0.15) is 32.3 Å². The third-order valence-electron chi connectivity index (χ3n) is 3.71. The zero-order valence-corrected chi connectivity index (χ0v) is 12.8. The summed E-state index contributed by atoms with van der Waals surface area (Å²) < 4.78 is 5.81. The molecule has 0 unspecified atom stereocenters. The van der Waals surface area contributed by atoms with Crippen molar-refractivity contribution in [2.45, 2.75) is 45.4 Å². The molecule has 2 nitrogen and oxygen atoms in total. The van der Waals surface area contributed by atoms with Gasteiger partial charge in [0.2, 0.25) is 0 Å². The zero-order chi connectivity index (χ0) is 14.7. The van der Waals surface area contributed by atoms with E-state index in [4.69, 9.17) is 4.74 Å². The Balaban J connectivity index is 1.78. The number of benzene rings is 2. The molecule has 0 aliphatic heterocycles. The van der Waals surface area contributed by atoms with Crippen LogP contribution in [0, 0.1) is 0 Å². The number of ether oxygens (including phenoxy) is 1. The summed E-state index contributed by atoms with van der Waals surface area (Å²) in [4.78, 5) is 0. The molecule has 1 saturated carbocycles. The van der Waals surface area contributed by atoms with Gasteiger partial charge >= 0.3 is 0 Å². The summed E-state index contributed by atoms with van der Waals surface area (Å²) in [6.45, 7) is 5.24. The SMILES string of the molecule is CC(C)NCc1ccccc1-c1ccc(OC2CC2)cc1. The number of nitrogens with one attached hydrogen (secondary N) is 1. The van der Waals surface area contributed by atoms with E-state index in [0.29, 0.717) is 12.1 Å². The average Bonchev–Trinajstić information content (AvgIpc) is 3.30. The van der Waals surface area contributed by atoms with Crippen LogP contribution < -0.4 is 10.1 Å². The lowest BCUT2D eigenvalue weighted by atomic mass is 9.99. The maximum Gasteiger partial charge on any atom is 0.119 e. The molecule has 0 amide bonds. The molecule has 0 spiro atoms. The number of hydrogen-bond donors (Lipinski definition) is 1. The van der Waals surface area contributed by atoms with Crippen LogP contribution >= 0.6 is 0 Å². The Morgan fingerprint density at radius 2 is 1.76 bits per heavy atom. The quantitative estimate of drug-likeness (QED) is 0.847. The molecular weight excluding hydrogens is 258 g/mol. The molecule has 1 N–H and O–H groups in total. The van der Waals surface area contributed by atoms with E-state index in [1.165, 1.54) is 29.5 Å². The summed E-state index contributed by atoms with van der Waals surface area (Å²) >= 11 is 0. The third-order valence-corrected chi connectivity index (χ3v) is 3.71. The molecule has 1 fully saturated rings. The molecule has 2 aromatic rings. The lowest BCUT2D eigenvalue weighted by Gasteiger charge is -2.13. The third kappa shape index (κ3) is 3.85. The van der Waals surface area contributed by atoms with Gasteiger partial charge < -0.3 is 10.1 Å². The van der Waals surface area contributed by atoms with E-state index < -0.39 is 0 Å². The first-order chi connectivity index (χ1) is 10.2. The molecule has 0 saturated heterocycles. The molecular formula is C19H23NO. The van der Waals surface area contributed by atoms with Crippen LogP contribution in [0.5, 0.6) is 5.75 Å². The maximum absolute atomic E-state index is 5.81.